The molecule has 1 aromatic heterocycles. The fourth-order valence-electron chi connectivity index (χ4n) is 1.60. The van der Waals surface area contributed by atoms with Gasteiger partial charge in [0.15, 0.2) is 0 Å². The molecule has 1 heterocycles. The highest BCUT2D eigenvalue weighted by atomic mass is 16.3. The quantitative estimate of drug-likeness (QED) is 0.847. The van der Waals surface area contributed by atoms with Gasteiger partial charge in [0.1, 0.15) is 11.5 Å². The third kappa shape index (κ3) is 3.10. The zero-order valence-electron chi connectivity index (χ0n) is 10.6. The van der Waals surface area contributed by atoms with Crippen molar-refractivity contribution in [2.45, 2.75) is 32.9 Å². The predicted molar refractivity (Wildman–Crippen MR) is 63.2 cm³/mol. The van der Waals surface area contributed by atoms with Gasteiger partial charge in [0, 0.05) is 14.1 Å². The van der Waals surface area contributed by atoms with Crippen molar-refractivity contribution in [2.75, 3.05) is 14.1 Å². The van der Waals surface area contributed by atoms with Crippen LogP contribution >= 0.6 is 0 Å². The summed E-state index contributed by atoms with van der Waals surface area (Å²) < 4.78 is 5.50. The minimum atomic E-state index is -0.213. The molecule has 90 valence electrons. The number of nitrogens with one attached hydrogen (secondary N) is 1. The summed E-state index contributed by atoms with van der Waals surface area (Å²) in [5.41, 5.74) is 0. The van der Waals surface area contributed by atoms with Gasteiger partial charge in [-0.05, 0) is 32.9 Å². The van der Waals surface area contributed by atoms with Crippen LogP contribution in [0.3, 0.4) is 0 Å². The minimum absolute atomic E-state index is 0.0348. The van der Waals surface area contributed by atoms with E-state index < -0.39 is 0 Å². The Morgan fingerprint density at radius 3 is 2.44 bits per heavy atom. The van der Waals surface area contributed by atoms with Crippen molar-refractivity contribution in [3.63, 3.8) is 0 Å². The minimum Gasteiger partial charge on any atom is -0.465 e. The summed E-state index contributed by atoms with van der Waals surface area (Å²) in [6.45, 7) is 5.75. The van der Waals surface area contributed by atoms with Crippen LogP contribution < -0.4 is 5.32 Å². The molecule has 4 nitrogen and oxygen atoms in total. The smallest absolute Gasteiger partial charge is 0.238 e. The van der Waals surface area contributed by atoms with Gasteiger partial charge in [-0.15, -0.1) is 0 Å². The van der Waals surface area contributed by atoms with E-state index in [1.165, 1.54) is 0 Å². The van der Waals surface area contributed by atoms with Crippen LogP contribution in [0.2, 0.25) is 0 Å². The highest BCUT2D eigenvalue weighted by Gasteiger charge is 2.18. The van der Waals surface area contributed by atoms with Gasteiger partial charge in [0.25, 0.3) is 0 Å². The zero-order valence-corrected chi connectivity index (χ0v) is 10.6. The maximum absolute atomic E-state index is 11.6. The molecule has 0 saturated carbocycles. The third-order valence-corrected chi connectivity index (χ3v) is 2.50. The molecule has 0 fully saturated rings. The monoisotopic (exact) mass is 224 g/mol. The van der Waals surface area contributed by atoms with Crippen LogP contribution in [0, 0.1) is 6.92 Å². The Balaban J connectivity index is 2.58. The lowest BCUT2D eigenvalue weighted by atomic mass is 10.2. The Bertz CT molecular complexity index is 358. The van der Waals surface area contributed by atoms with Crippen molar-refractivity contribution in [1.82, 2.24) is 10.2 Å². The summed E-state index contributed by atoms with van der Waals surface area (Å²) in [7, 11) is 3.50. The predicted octanol–water partition coefficient (Wildman–Crippen LogP) is 1.72. The second-order valence-electron chi connectivity index (χ2n) is 4.29. The molecule has 16 heavy (non-hydrogen) atoms. The molecule has 2 atom stereocenters. The largest absolute Gasteiger partial charge is 0.465 e. The Labute approximate surface area is 96.6 Å². The number of aryl methyl sites for hydroxylation is 1. The van der Waals surface area contributed by atoms with E-state index in [2.05, 4.69) is 5.32 Å². The highest BCUT2D eigenvalue weighted by molar-refractivity contribution is 5.80. The molecule has 0 aliphatic rings. The Morgan fingerprint density at radius 2 is 2.00 bits per heavy atom. The molecule has 1 amide bonds. The third-order valence-electron chi connectivity index (χ3n) is 2.50. The molecule has 0 aromatic carbocycles. The SMILES string of the molecule is Cc1ccc(C(C)NC(C)C(=O)N(C)C)o1. The van der Waals surface area contributed by atoms with Crippen molar-refractivity contribution in [2.24, 2.45) is 0 Å². The lowest BCUT2D eigenvalue weighted by Gasteiger charge is -2.21. The van der Waals surface area contributed by atoms with Gasteiger partial charge in [-0.2, -0.15) is 0 Å². The van der Waals surface area contributed by atoms with Crippen LogP contribution in [-0.4, -0.2) is 30.9 Å². The topological polar surface area (TPSA) is 45.5 Å². The summed E-state index contributed by atoms with van der Waals surface area (Å²) in [4.78, 5) is 13.2. The number of likely N-dealkylation sites (N-methyl/N-ethyl adjacent to an activating group) is 1. The summed E-state index contributed by atoms with van der Waals surface area (Å²) in [5.74, 6) is 1.81. The molecule has 0 saturated heterocycles. The Morgan fingerprint density at radius 1 is 1.38 bits per heavy atom. The van der Waals surface area contributed by atoms with Crippen molar-refractivity contribution in [1.29, 1.82) is 0 Å². The van der Waals surface area contributed by atoms with E-state index >= 15 is 0 Å². The molecule has 2 unspecified atom stereocenters. The number of nitrogens with zero attached hydrogens (tertiary/aromatic N) is 1. The van der Waals surface area contributed by atoms with Gasteiger partial charge in [-0.25, -0.2) is 0 Å². The lowest BCUT2D eigenvalue weighted by molar-refractivity contribution is -0.130. The summed E-state index contributed by atoms with van der Waals surface area (Å²) in [6, 6.07) is 3.68. The standard InChI is InChI=1S/C12H20N2O2/c1-8-6-7-11(16-8)9(2)13-10(3)12(15)14(4)5/h6-7,9-10,13H,1-5H3. The molecule has 1 N–H and O–H groups in total. The van der Waals surface area contributed by atoms with E-state index in [4.69, 9.17) is 4.42 Å². The molecule has 0 bridgehead atoms. The first-order chi connectivity index (χ1) is 7.41. The average Bonchev–Trinajstić information content (AvgIpc) is 2.63. The molecular formula is C12H20N2O2. The second kappa shape index (κ2) is 5.16. The van der Waals surface area contributed by atoms with Gasteiger partial charge >= 0.3 is 0 Å². The van der Waals surface area contributed by atoms with Crippen LogP contribution in [-0.2, 0) is 4.79 Å². The van der Waals surface area contributed by atoms with E-state index in [0.29, 0.717) is 0 Å². The fraction of sp³-hybridized carbons (Fsp3) is 0.583. The maximum Gasteiger partial charge on any atom is 0.238 e. The number of carbonyl (C=O) groups excluding carboxylic acids is 1. The summed E-state index contributed by atoms with van der Waals surface area (Å²) in [5, 5.41) is 3.21. The fourth-order valence-corrected chi connectivity index (χ4v) is 1.60. The van der Waals surface area contributed by atoms with Crippen molar-refractivity contribution in [3.8, 4) is 0 Å². The molecular weight excluding hydrogens is 204 g/mol. The summed E-state index contributed by atoms with van der Waals surface area (Å²) in [6.07, 6.45) is 0. The van der Waals surface area contributed by atoms with Crippen LogP contribution in [0.1, 0.15) is 31.4 Å². The Hall–Kier alpha value is -1.29. The lowest BCUT2D eigenvalue weighted by Crippen LogP contribution is -2.42. The number of furan rings is 1. The van der Waals surface area contributed by atoms with Crippen LogP contribution in [0.25, 0.3) is 0 Å². The highest BCUT2D eigenvalue weighted by Crippen LogP contribution is 2.16. The number of carbonyl (C=O) groups is 1. The second-order valence-corrected chi connectivity index (χ2v) is 4.29. The first-order valence-electron chi connectivity index (χ1n) is 5.45. The first kappa shape index (κ1) is 12.8. The van der Waals surface area contributed by atoms with Crippen LogP contribution in [0.15, 0.2) is 16.5 Å². The van der Waals surface area contributed by atoms with E-state index in [1.54, 1.807) is 19.0 Å². The van der Waals surface area contributed by atoms with Crippen molar-refractivity contribution < 1.29 is 9.21 Å². The molecule has 0 aliphatic carbocycles. The molecule has 0 radical (unpaired) electrons. The molecule has 0 aliphatic heterocycles. The van der Waals surface area contributed by atoms with Gasteiger partial charge in [0.05, 0.1) is 12.1 Å². The van der Waals surface area contributed by atoms with Crippen molar-refractivity contribution >= 4 is 5.91 Å². The van der Waals surface area contributed by atoms with Gasteiger partial charge < -0.3 is 9.32 Å². The van der Waals surface area contributed by atoms with E-state index in [0.717, 1.165) is 11.5 Å². The van der Waals surface area contributed by atoms with Crippen LogP contribution in [0.5, 0.6) is 0 Å². The number of hydrogen-bond donors (Lipinski definition) is 1. The normalized spacial score (nSPS) is 14.6. The van der Waals surface area contributed by atoms with Crippen molar-refractivity contribution in [3.05, 3.63) is 23.7 Å². The molecule has 1 rings (SSSR count). The molecule has 0 spiro atoms. The zero-order chi connectivity index (χ0) is 12.3. The van der Waals surface area contributed by atoms with Gasteiger partial charge in [0.2, 0.25) is 5.91 Å². The van der Waals surface area contributed by atoms with Gasteiger partial charge in [-0.1, -0.05) is 0 Å². The average molecular weight is 224 g/mol. The van der Waals surface area contributed by atoms with E-state index in [-0.39, 0.29) is 18.0 Å². The Kier molecular flexibility index (Phi) is 4.12. The van der Waals surface area contributed by atoms with E-state index in [1.807, 2.05) is 32.9 Å². The van der Waals surface area contributed by atoms with E-state index in [9.17, 15) is 4.79 Å². The number of rotatable bonds is 4. The first-order valence-corrected chi connectivity index (χ1v) is 5.45. The summed E-state index contributed by atoms with van der Waals surface area (Å²) >= 11 is 0. The molecule has 4 heteroatoms. The van der Waals surface area contributed by atoms with Crippen LogP contribution in [0.4, 0.5) is 0 Å². The maximum atomic E-state index is 11.6. The molecule has 1 aromatic rings. The number of amides is 1. The number of hydrogen-bond acceptors (Lipinski definition) is 3. The van der Waals surface area contributed by atoms with Gasteiger partial charge in [-0.3, -0.25) is 10.1 Å².